The van der Waals surface area contributed by atoms with Gasteiger partial charge in [0.15, 0.2) is 8.32 Å². The molecule has 1 fully saturated rings. The molecule has 1 aliphatic heterocycles. The Labute approximate surface area is 177 Å². The van der Waals surface area contributed by atoms with E-state index in [4.69, 9.17) is 9.16 Å². The molecule has 0 aliphatic carbocycles. The van der Waals surface area contributed by atoms with Gasteiger partial charge in [0.05, 0.1) is 18.6 Å². The lowest BCUT2D eigenvalue weighted by molar-refractivity contribution is -0.161. The van der Waals surface area contributed by atoms with Crippen molar-refractivity contribution in [3.05, 3.63) is 12.2 Å². The summed E-state index contributed by atoms with van der Waals surface area (Å²) in [7, 11) is -1.91. The molecule has 0 radical (unpaired) electrons. The maximum Gasteiger partial charge on any atom is 0.407 e. The van der Waals surface area contributed by atoms with Crippen LogP contribution < -0.4 is 0 Å². The Hall–Kier alpha value is -1.34. The van der Waals surface area contributed by atoms with Gasteiger partial charge in [-0.25, -0.2) is 4.79 Å². The molecule has 0 aromatic carbocycles. The number of likely N-dealkylation sites (tertiary alicyclic amines) is 1. The van der Waals surface area contributed by atoms with Gasteiger partial charge in [-0.3, -0.25) is 4.79 Å². The maximum absolute atomic E-state index is 13.1. The van der Waals surface area contributed by atoms with Crippen molar-refractivity contribution in [2.45, 2.75) is 78.9 Å². The van der Waals surface area contributed by atoms with Crippen LogP contribution in [0.25, 0.3) is 0 Å². The number of rotatable bonds is 7. The second-order valence-corrected chi connectivity index (χ2v) is 16.0. The smallest absolute Gasteiger partial charge is 0.407 e. The molecule has 0 aromatic rings. The highest BCUT2D eigenvalue weighted by Crippen LogP contribution is 2.41. The summed E-state index contributed by atoms with van der Waals surface area (Å²) in [4.78, 5) is 25.7. The van der Waals surface area contributed by atoms with Gasteiger partial charge in [-0.1, -0.05) is 53.7 Å². The van der Waals surface area contributed by atoms with Crippen molar-refractivity contribution in [2.24, 2.45) is 10.8 Å². The molecule has 1 amide bonds. The lowest BCUT2D eigenvalue weighted by Gasteiger charge is -2.40. The van der Waals surface area contributed by atoms with Gasteiger partial charge in [-0.2, -0.15) is 0 Å². The second kappa shape index (κ2) is 9.21. The zero-order valence-corrected chi connectivity index (χ0v) is 20.7. The van der Waals surface area contributed by atoms with Gasteiger partial charge in [0.25, 0.3) is 0 Å². The second-order valence-electron chi connectivity index (χ2n) is 11.2. The number of piperidine rings is 1. The van der Waals surface area contributed by atoms with Crippen molar-refractivity contribution in [1.29, 1.82) is 0 Å². The predicted octanol–water partition coefficient (Wildman–Crippen LogP) is 5.30. The van der Waals surface area contributed by atoms with Crippen LogP contribution in [0.5, 0.6) is 0 Å². The highest BCUT2D eigenvalue weighted by atomic mass is 28.4. The molecule has 1 heterocycles. The van der Waals surface area contributed by atoms with E-state index in [0.717, 1.165) is 5.57 Å². The van der Waals surface area contributed by atoms with Crippen molar-refractivity contribution in [3.8, 4) is 0 Å². The average molecular weight is 428 g/mol. The summed E-state index contributed by atoms with van der Waals surface area (Å²) >= 11 is 0. The number of hydrogen-bond donors (Lipinski definition) is 1. The molecule has 0 bridgehead atoms. The van der Waals surface area contributed by atoms with Crippen molar-refractivity contribution in [2.75, 3.05) is 26.3 Å². The standard InChI is InChI=1S/C22H41NO5Si/c1-17(15-28-29(8,9)21(5,6)7)14-22(18(24)27-16-20(2,3)4)10-12-23(13-11-22)19(25)26/h1,10-16H2,2-9H3,(H,25,26). The third-order valence-corrected chi connectivity index (χ3v) is 10.6. The van der Waals surface area contributed by atoms with E-state index in [2.05, 4.69) is 40.4 Å². The van der Waals surface area contributed by atoms with Gasteiger partial charge in [0.2, 0.25) is 0 Å². The molecule has 168 valence electrons. The van der Waals surface area contributed by atoms with Crippen LogP contribution in [0.4, 0.5) is 4.79 Å². The van der Waals surface area contributed by atoms with E-state index in [1.807, 2.05) is 20.8 Å². The number of carbonyl (C=O) groups is 2. The van der Waals surface area contributed by atoms with E-state index in [1.165, 1.54) is 4.90 Å². The van der Waals surface area contributed by atoms with Crippen LogP contribution in [0.15, 0.2) is 12.2 Å². The fourth-order valence-electron chi connectivity index (χ4n) is 3.04. The fraction of sp³-hybridized carbons (Fsp3) is 0.818. The molecule has 7 heteroatoms. The highest BCUT2D eigenvalue weighted by Gasteiger charge is 2.45. The first-order valence-corrected chi connectivity index (χ1v) is 13.4. The van der Waals surface area contributed by atoms with Crippen LogP contribution in [0.2, 0.25) is 18.1 Å². The van der Waals surface area contributed by atoms with Crippen molar-refractivity contribution >= 4 is 20.4 Å². The normalized spacial score (nSPS) is 17.7. The van der Waals surface area contributed by atoms with Gasteiger partial charge in [-0.05, 0) is 42.8 Å². The predicted molar refractivity (Wildman–Crippen MR) is 119 cm³/mol. The number of carboxylic acid groups (broad SMARTS) is 1. The Morgan fingerprint density at radius 3 is 2.03 bits per heavy atom. The number of ether oxygens (including phenoxy) is 1. The molecule has 1 aliphatic rings. The van der Waals surface area contributed by atoms with Gasteiger partial charge in [-0.15, -0.1) is 0 Å². The van der Waals surface area contributed by atoms with Gasteiger partial charge >= 0.3 is 12.1 Å². The lowest BCUT2D eigenvalue weighted by Crippen LogP contribution is -2.47. The number of hydrogen-bond acceptors (Lipinski definition) is 4. The molecule has 1 N–H and O–H groups in total. The Bertz CT molecular complexity index is 608. The molecule has 0 spiro atoms. The van der Waals surface area contributed by atoms with E-state index in [1.54, 1.807) is 0 Å². The molecule has 1 rings (SSSR count). The number of amides is 1. The molecule has 0 atom stereocenters. The number of carbonyl (C=O) groups excluding carboxylic acids is 1. The molecule has 0 aromatic heterocycles. The van der Waals surface area contributed by atoms with E-state index in [0.29, 0.717) is 45.6 Å². The van der Waals surface area contributed by atoms with Crippen LogP contribution in [0.3, 0.4) is 0 Å². The van der Waals surface area contributed by atoms with Crippen LogP contribution in [-0.4, -0.2) is 56.7 Å². The fourth-order valence-corrected chi connectivity index (χ4v) is 4.04. The lowest BCUT2D eigenvalue weighted by atomic mass is 9.74. The minimum atomic E-state index is -1.91. The SMILES string of the molecule is C=C(CO[Si](C)(C)C(C)(C)C)CC1(C(=O)OCC(C)(C)C)CCN(C(=O)O)CC1. The summed E-state index contributed by atoms with van der Waals surface area (Å²) in [6, 6.07) is 0. The van der Waals surface area contributed by atoms with Crippen LogP contribution in [0.1, 0.15) is 60.8 Å². The Kier molecular flexibility index (Phi) is 8.16. The molecule has 29 heavy (non-hydrogen) atoms. The van der Waals surface area contributed by atoms with E-state index in [-0.39, 0.29) is 16.4 Å². The summed E-state index contributed by atoms with van der Waals surface area (Å²) < 4.78 is 11.9. The molecular formula is C22H41NO5Si. The first-order chi connectivity index (χ1) is 13.0. The summed E-state index contributed by atoms with van der Waals surface area (Å²) in [6.45, 7) is 22.6. The third-order valence-electron chi connectivity index (χ3n) is 6.09. The summed E-state index contributed by atoms with van der Waals surface area (Å²) in [6.07, 6.45) is 0.419. The zero-order chi connectivity index (χ0) is 22.7. The summed E-state index contributed by atoms with van der Waals surface area (Å²) in [5.41, 5.74) is 0.0119. The number of esters is 1. The van der Waals surface area contributed by atoms with E-state index in [9.17, 15) is 14.7 Å². The molecule has 6 nitrogen and oxygen atoms in total. The summed E-state index contributed by atoms with van der Waals surface area (Å²) in [5, 5.41) is 9.37. The minimum absolute atomic E-state index is 0.101. The van der Waals surface area contributed by atoms with Crippen LogP contribution >= 0.6 is 0 Å². The molecule has 1 saturated heterocycles. The van der Waals surface area contributed by atoms with Crippen molar-refractivity contribution in [1.82, 2.24) is 4.90 Å². The Morgan fingerprint density at radius 1 is 1.10 bits per heavy atom. The van der Waals surface area contributed by atoms with E-state index >= 15 is 0 Å². The Morgan fingerprint density at radius 2 is 1.62 bits per heavy atom. The van der Waals surface area contributed by atoms with Gasteiger partial charge in [0, 0.05) is 13.1 Å². The van der Waals surface area contributed by atoms with Crippen LogP contribution in [-0.2, 0) is 14.0 Å². The van der Waals surface area contributed by atoms with Gasteiger partial charge in [0.1, 0.15) is 0 Å². The van der Waals surface area contributed by atoms with Crippen LogP contribution in [0, 0.1) is 10.8 Å². The topological polar surface area (TPSA) is 76.1 Å². The quantitative estimate of drug-likeness (QED) is 0.339. The first kappa shape index (κ1) is 25.7. The maximum atomic E-state index is 13.1. The largest absolute Gasteiger partial charge is 0.465 e. The average Bonchev–Trinajstić information content (AvgIpc) is 2.56. The van der Waals surface area contributed by atoms with Gasteiger partial charge < -0.3 is 19.2 Å². The molecule has 0 saturated carbocycles. The first-order valence-electron chi connectivity index (χ1n) is 10.4. The Balaban J connectivity index is 2.88. The minimum Gasteiger partial charge on any atom is -0.465 e. The number of nitrogens with zero attached hydrogens (tertiary/aromatic N) is 1. The van der Waals surface area contributed by atoms with E-state index < -0.39 is 19.8 Å². The molecule has 0 unspecified atom stereocenters. The highest BCUT2D eigenvalue weighted by molar-refractivity contribution is 6.74. The monoisotopic (exact) mass is 427 g/mol. The zero-order valence-electron chi connectivity index (χ0n) is 19.7. The van der Waals surface area contributed by atoms with Crippen molar-refractivity contribution < 1.29 is 23.9 Å². The third kappa shape index (κ3) is 7.44. The van der Waals surface area contributed by atoms with Crippen molar-refractivity contribution in [3.63, 3.8) is 0 Å². The molecular weight excluding hydrogens is 386 g/mol. The summed E-state index contributed by atoms with van der Waals surface area (Å²) in [5.74, 6) is -0.244.